The fraction of sp³-hybridized carbons (Fsp3) is 0.438. The molecular weight excluding hydrogens is 575 g/mol. The lowest BCUT2D eigenvalue weighted by Crippen LogP contribution is -2.39. The molecule has 0 aliphatic heterocycles. The van der Waals surface area contributed by atoms with Crippen molar-refractivity contribution in [2.45, 2.75) is 70.1 Å². The summed E-state index contributed by atoms with van der Waals surface area (Å²) in [5.74, 6) is 1.97. The SMILES string of the molecule is CCC1(CNc2c(-c3c(Cl)cccc3Cl)noc2C2CC2)CCC(C)(c2nc(-c3cccc(C(=O)OC)c3)no2)CC1. The Morgan fingerprint density at radius 3 is 2.43 bits per heavy atom. The number of aromatic nitrogens is 3. The number of ether oxygens (including phenoxy) is 1. The van der Waals surface area contributed by atoms with Crippen LogP contribution >= 0.6 is 23.2 Å². The largest absolute Gasteiger partial charge is 0.465 e. The fourth-order valence-corrected chi connectivity index (χ4v) is 6.54. The first-order valence-corrected chi connectivity index (χ1v) is 15.2. The van der Waals surface area contributed by atoms with Crippen LogP contribution < -0.4 is 5.32 Å². The quantitative estimate of drug-likeness (QED) is 0.188. The van der Waals surface area contributed by atoms with Crippen molar-refractivity contribution in [2.75, 3.05) is 19.0 Å². The molecule has 2 aromatic heterocycles. The molecule has 0 bridgehead atoms. The molecule has 1 N–H and O–H groups in total. The summed E-state index contributed by atoms with van der Waals surface area (Å²) in [5, 5.41) is 13.5. The summed E-state index contributed by atoms with van der Waals surface area (Å²) >= 11 is 13.1. The molecule has 2 aliphatic rings. The second-order valence-corrected chi connectivity index (χ2v) is 12.7. The first-order valence-electron chi connectivity index (χ1n) is 14.5. The van der Waals surface area contributed by atoms with Gasteiger partial charge in [-0.15, -0.1) is 0 Å². The molecule has 0 atom stereocenters. The summed E-state index contributed by atoms with van der Waals surface area (Å²) in [6.07, 6.45) is 7.02. The van der Waals surface area contributed by atoms with Crippen molar-refractivity contribution in [3.8, 4) is 22.6 Å². The standard InChI is InChI=1S/C32H34Cl2N4O4/c1-4-32(18-35-26-25(37-41-27(26)19-11-12-19)24-22(33)9-6-10-23(24)34)15-13-31(2,14-16-32)30-36-28(38-42-30)20-7-5-8-21(17-20)29(39)40-3/h5-10,17,19,35H,4,11-16,18H2,1-3H3. The van der Waals surface area contributed by atoms with Gasteiger partial charge in [-0.05, 0) is 74.6 Å². The Morgan fingerprint density at radius 1 is 1.05 bits per heavy atom. The van der Waals surface area contributed by atoms with E-state index < -0.39 is 5.97 Å². The van der Waals surface area contributed by atoms with Crippen molar-refractivity contribution in [1.29, 1.82) is 0 Å². The van der Waals surface area contributed by atoms with Crippen molar-refractivity contribution in [2.24, 2.45) is 5.41 Å². The van der Waals surface area contributed by atoms with Crippen LogP contribution in [0.4, 0.5) is 5.69 Å². The normalized spacial score (nSPS) is 22.2. The minimum Gasteiger partial charge on any atom is -0.465 e. The zero-order chi connectivity index (χ0) is 29.5. The van der Waals surface area contributed by atoms with Crippen molar-refractivity contribution in [3.05, 3.63) is 69.7 Å². The maximum absolute atomic E-state index is 12.0. The lowest BCUT2D eigenvalue weighted by molar-refractivity contribution is 0.0600. The molecule has 2 aromatic carbocycles. The van der Waals surface area contributed by atoms with E-state index in [2.05, 4.69) is 29.5 Å². The molecule has 6 rings (SSSR count). The van der Waals surface area contributed by atoms with Gasteiger partial charge in [0, 0.05) is 29.0 Å². The molecule has 0 saturated heterocycles. The van der Waals surface area contributed by atoms with Gasteiger partial charge in [-0.2, -0.15) is 4.98 Å². The average molecular weight is 610 g/mol. The number of benzene rings is 2. The maximum Gasteiger partial charge on any atom is 0.337 e. The van der Waals surface area contributed by atoms with Gasteiger partial charge >= 0.3 is 5.97 Å². The number of nitrogens with one attached hydrogen (secondary N) is 1. The zero-order valence-corrected chi connectivity index (χ0v) is 25.5. The Bertz CT molecular complexity index is 1580. The van der Waals surface area contributed by atoms with E-state index >= 15 is 0 Å². The molecule has 2 aliphatic carbocycles. The molecule has 220 valence electrons. The molecule has 8 nitrogen and oxygen atoms in total. The van der Waals surface area contributed by atoms with Crippen molar-refractivity contribution in [1.82, 2.24) is 15.3 Å². The van der Waals surface area contributed by atoms with Gasteiger partial charge in [0.05, 0.1) is 22.7 Å². The average Bonchev–Trinajstić information content (AvgIpc) is 3.56. The first kappa shape index (κ1) is 28.7. The van der Waals surface area contributed by atoms with Crippen LogP contribution in [-0.4, -0.2) is 34.9 Å². The van der Waals surface area contributed by atoms with Crippen LogP contribution in [0.15, 0.2) is 51.5 Å². The summed E-state index contributed by atoms with van der Waals surface area (Å²) < 4.78 is 16.5. The number of carbonyl (C=O) groups is 1. The van der Waals surface area contributed by atoms with Crippen LogP contribution in [0.25, 0.3) is 22.6 Å². The van der Waals surface area contributed by atoms with Crippen LogP contribution in [0, 0.1) is 5.41 Å². The third-order valence-corrected chi connectivity index (χ3v) is 9.78. The predicted octanol–water partition coefficient (Wildman–Crippen LogP) is 8.70. The maximum atomic E-state index is 12.0. The van der Waals surface area contributed by atoms with E-state index in [1.165, 1.54) is 7.11 Å². The van der Waals surface area contributed by atoms with Crippen molar-refractivity contribution in [3.63, 3.8) is 0 Å². The Hall–Kier alpha value is -3.36. The van der Waals surface area contributed by atoms with Crippen molar-refractivity contribution < 1.29 is 18.6 Å². The van der Waals surface area contributed by atoms with E-state index in [1.54, 1.807) is 18.2 Å². The molecule has 2 saturated carbocycles. The molecular formula is C32H34Cl2N4O4. The highest BCUT2D eigenvalue weighted by Crippen LogP contribution is 2.51. The molecule has 4 aromatic rings. The highest BCUT2D eigenvalue weighted by molar-refractivity contribution is 6.39. The number of rotatable bonds is 9. The number of hydrogen-bond donors (Lipinski definition) is 1. The van der Waals surface area contributed by atoms with Crippen LogP contribution in [0.1, 0.15) is 86.7 Å². The van der Waals surface area contributed by atoms with Gasteiger partial charge in [-0.25, -0.2) is 4.79 Å². The van der Waals surface area contributed by atoms with Crippen LogP contribution in [0.2, 0.25) is 10.0 Å². The second-order valence-electron chi connectivity index (χ2n) is 11.9. The van der Waals surface area contributed by atoms with Gasteiger partial charge in [0.15, 0.2) is 5.76 Å². The minimum absolute atomic E-state index is 0.0802. The van der Waals surface area contributed by atoms with E-state index in [-0.39, 0.29) is 10.8 Å². The second kappa shape index (κ2) is 11.4. The third-order valence-electron chi connectivity index (χ3n) is 9.15. The highest BCUT2D eigenvalue weighted by atomic mass is 35.5. The van der Waals surface area contributed by atoms with Crippen molar-refractivity contribution >= 4 is 34.9 Å². The van der Waals surface area contributed by atoms with Gasteiger partial charge in [-0.1, -0.05) is 65.6 Å². The monoisotopic (exact) mass is 608 g/mol. The Labute approximate surface area is 255 Å². The smallest absolute Gasteiger partial charge is 0.337 e. The molecule has 2 heterocycles. The predicted molar refractivity (Wildman–Crippen MR) is 162 cm³/mol. The lowest BCUT2D eigenvalue weighted by Gasteiger charge is -2.43. The molecule has 42 heavy (non-hydrogen) atoms. The Balaban J connectivity index is 1.19. The van der Waals surface area contributed by atoms with Crippen LogP contribution in [-0.2, 0) is 10.2 Å². The molecule has 2 fully saturated rings. The van der Waals surface area contributed by atoms with Gasteiger partial charge < -0.3 is 19.1 Å². The Kier molecular flexibility index (Phi) is 7.79. The van der Waals surface area contributed by atoms with E-state index in [4.69, 9.17) is 42.0 Å². The summed E-state index contributed by atoms with van der Waals surface area (Å²) in [6.45, 7) is 5.24. The van der Waals surface area contributed by atoms with E-state index in [0.717, 1.165) is 62.9 Å². The number of carbonyl (C=O) groups excluding carboxylic acids is 1. The molecule has 10 heteroatoms. The number of halogens is 2. The van der Waals surface area contributed by atoms with Gasteiger partial charge in [0.2, 0.25) is 11.7 Å². The molecule has 0 unspecified atom stereocenters. The number of esters is 1. The van der Waals surface area contributed by atoms with Crippen LogP contribution in [0.3, 0.4) is 0 Å². The first-order chi connectivity index (χ1) is 20.3. The van der Waals surface area contributed by atoms with E-state index in [1.807, 2.05) is 24.3 Å². The summed E-state index contributed by atoms with van der Waals surface area (Å²) in [6, 6.07) is 12.6. The van der Waals surface area contributed by atoms with Gasteiger partial charge in [0.25, 0.3) is 0 Å². The minimum atomic E-state index is -0.401. The topological polar surface area (TPSA) is 103 Å². The molecule has 0 spiro atoms. The zero-order valence-electron chi connectivity index (χ0n) is 24.0. The number of anilines is 1. The van der Waals surface area contributed by atoms with Gasteiger partial charge in [-0.3, -0.25) is 0 Å². The molecule has 0 amide bonds. The van der Waals surface area contributed by atoms with Crippen LogP contribution in [0.5, 0.6) is 0 Å². The number of methoxy groups -OCH3 is 1. The number of nitrogens with zero attached hydrogens (tertiary/aromatic N) is 3. The summed E-state index contributed by atoms with van der Waals surface area (Å²) in [5.41, 5.74) is 3.29. The van der Waals surface area contributed by atoms with E-state index in [9.17, 15) is 4.79 Å². The molecule has 0 radical (unpaired) electrons. The summed E-state index contributed by atoms with van der Waals surface area (Å²) in [7, 11) is 1.36. The van der Waals surface area contributed by atoms with E-state index in [0.29, 0.717) is 50.1 Å². The Morgan fingerprint density at radius 2 is 1.76 bits per heavy atom. The lowest BCUT2D eigenvalue weighted by atomic mass is 9.63. The number of hydrogen-bond acceptors (Lipinski definition) is 8. The third kappa shape index (κ3) is 5.42. The summed E-state index contributed by atoms with van der Waals surface area (Å²) in [4.78, 5) is 16.8. The van der Waals surface area contributed by atoms with Gasteiger partial charge in [0.1, 0.15) is 11.4 Å². The highest BCUT2D eigenvalue weighted by Gasteiger charge is 2.44. The fourth-order valence-electron chi connectivity index (χ4n) is 5.96.